The fraction of sp³-hybridized carbons (Fsp3) is 0.538. The number of aliphatic hydroxyl groups is 1. The average molecular weight is 275 g/mol. The second kappa shape index (κ2) is 6.05. The molecular weight excluding hydrogens is 259 g/mol. The molecule has 1 aliphatic heterocycles. The molecule has 1 aliphatic rings. The van der Waals surface area contributed by atoms with E-state index < -0.39 is 6.10 Å². The second-order valence-electron chi connectivity index (χ2n) is 4.51. The van der Waals surface area contributed by atoms with Crippen molar-refractivity contribution >= 4 is 23.2 Å². The molecule has 0 spiro atoms. The molecule has 0 bridgehead atoms. The van der Waals surface area contributed by atoms with E-state index in [0.29, 0.717) is 16.0 Å². The molecule has 1 saturated heterocycles. The zero-order valence-corrected chi connectivity index (χ0v) is 11.0. The lowest BCUT2D eigenvalue weighted by atomic mass is 9.91. The lowest BCUT2D eigenvalue weighted by Crippen LogP contribution is -2.18. The molecule has 1 aromatic rings. The number of hydrogen-bond donors (Lipinski definition) is 1. The van der Waals surface area contributed by atoms with Crippen molar-refractivity contribution in [1.29, 1.82) is 0 Å². The Bertz CT molecular complexity index is 355. The van der Waals surface area contributed by atoms with Crippen LogP contribution in [0.2, 0.25) is 10.0 Å². The molecule has 94 valence electrons. The fourth-order valence-corrected chi connectivity index (χ4v) is 2.74. The third kappa shape index (κ3) is 3.85. The maximum Gasteiger partial charge on any atom is 0.0793 e. The highest BCUT2D eigenvalue weighted by Crippen LogP contribution is 2.30. The highest BCUT2D eigenvalue weighted by atomic mass is 35.5. The van der Waals surface area contributed by atoms with E-state index in [1.807, 2.05) is 0 Å². The zero-order valence-electron chi connectivity index (χ0n) is 9.53. The highest BCUT2D eigenvalue weighted by Gasteiger charge is 2.19. The van der Waals surface area contributed by atoms with Crippen LogP contribution in [0.1, 0.15) is 30.9 Å². The third-order valence-electron chi connectivity index (χ3n) is 3.17. The topological polar surface area (TPSA) is 29.5 Å². The van der Waals surface area contributed by atoms with Gasteiger partial charge in [0, 0.05) is 23.3 Å². The smallest absolute Gasteiger partial charge is 0.0793 e. The molecule has 1 unspecified atom stereocenters. The number of benzene rings is 1. The predicted molar refractivity (Wildman–Crippen MR) is 69.6 cm³/mol. The number of aliphatic hydroxyl groups excluding tert-OH is 1. The molecule has 0 amide bonds. The molecule has 0 aliphatic carbocycles. The molecular formula is C13H16Cl2O2. The van der Waals surface area contributed by atoms with Crippen LogP contribution >= 0.6 is 23.2 Å². The monoisotopic (exact) mass is 274 g/mol. The quantitative estimate of drug-likeness (QED) is 0.908. The minimum Gasteiger partial charge on any atom is -0.388 e. The molecule has 1 atom stereocenters. The van der Waals surface area contributed by atoms with Crippen LogP contribution < -0.4 is 0 Å². The average Bonchev–Trinajstić information content (AvgIpc) is 2.29. The van der Waals surface area contributed by atoms with Crippen LogP contribution in [0.15, 0.2) is 18.2 Å². The van der Waals surface area contributed by atoms with E-state index in [4.69, 9.17) is 27.9 Å². The minimum absolute atomic E-state index is 0.491. The van der Waals surface area contributed by atoms with Gasteiger partial charge in [-0.3, -0.25) is 0 Å². The standard InChI is InChI=1S/C13H16Cl2O2/c14-11-6-10(7-12(15)8-11)13(16)5-9-1-3-17-4-2-9/h6-9,13,16H,1-5H2. The van der Waals surface area contributed by atoms with E-state index in [1.165, 1.54) is 0 Å². The summed E-state index contributed by atoms with van der Waals surface area (Å²) in [7, 11) is 0. The maximum absolute atomic E-state index is 10.2. The summed E-state index contributed by atoms with van der Waals surface area (Å²) >= 11 is 11.8. The van der Waals surface area contributed by atoms with E-state index >= 15 is 0 Å². The van der Waals surface area contributed by atoms with E-state index in [-0.39, 0.29) is 0 Å². The molecule has 1 aromatic carbocycles. The van der Waals surface area contributed by atoms with Crippen LogP contribution in [0.5, 0.6) is 0 Å². The van der Waals surface area contributed by atoms with Crippen molar-refractivity contribution in [2.24, 2.45) is 5.92 Å². The zero-order chi connectivity index (χ0) is 12.3. The normalized spacial score (nSPS) is 19.2. The number of rotatable bonds is 3. The molecule has 0 radical (unpaired) electrons. The van der Waals surface area contributed by atoms with Gasteiger partial charge in [0.2, 0.25) is 0 Å². The summed E-state index contributed by atoms with van der Waals surface area (Å²) in [4.78, 5) is 0. The number of ether oxygens (including phenoxy) is 1. The van der Waals surface area contributed by atoms with Crippen LogP contribution in [0, 0.1) is 5.92 Å². The molecule has 2 nitrogen and oxygen atoms in total. The molecule has 2 rings (SSSR count). The SMILES string of the molecule is OC(CC1CCOCC1)c1cc(Cl)cc(Cl)c1. The molecule has 17 heavy (non-hydrogen) atoms. The van der Waals surface area contributed by atoms with Crippen LogP contribution in [-0.4, -0.2) is 18.3 Å². The van der Waals surface area contributed by atoms with Crippen LogP contribution in [-0.2, 0) is 4.74 Å². The lowest BCUT2D eigenvalue weighted by molar-refractivity contribution is 0.0435. The van der Waals surface area contributed by atoms with Gasteiger partial charge in [-0.25, -0.2) is 0 Å². The van der Waals surface area contributed by atoms with Crippen molar-refractivity contribution in [2.75, 3.05) is 13.2 Å². The van der Waals surface area contributed by atoms with Gasteiger partial charge in [-0.05, 0) is 48.9 Å². The Labute approximate surface area is 111 Å². The van der Waals surface area contributed by atoms with Gasteiger partial charge in [-0.2, -0.15) is 0 Å². The molecule has 0 saturated carbocycles. The number of halogens is 2. The van der Waals surface area contributed by atoms with Crippen molar-refractivity contribution in [2.45, 2.75) is 25.4 Å². The Hall–Kier alpha value is -0.280. The second-order valence-corrected chi connectivity index (χ2v) is 5.38. The highest BCUT2D eigenvalue weighted by molar-refractivity contribution is 6.34. The molecule has 1 fully saturated rings. The maximum atomic E-state index is 10.2. The summed E-state index contributed by atoms with van der Waals surface area (Å²) in [6, 6.07) is 5.22. The third-order valence-corrected chi connectivity index (χ3v) is 3.60. The van der Waals surface area contributed by atoms with Gasteiger partial charge in [0.15, 0.2) is 0 Å². The summed E-state index contributed by atoms with van der Waals surface area (Å²) in [6.45, 7) is 1.60. The molecule has 1 N–H and O–H groups in total. The fourth-order valence-electron chi connectivity index (χ4n) is 2.20. The van der Waals surface area contributed by atoms with Gasteiger partial charge in [0.25, 0.3) is 0 Å². The van der Waals surface area contributed by atoms with E-state index in [2.05, 4.69) is 0 Å². The Morgan fingerprint density at radius 3 is 2.35 bits per heavy atom. The first-order valence-electron chi connectivity index (χ1n) is 5.87. The first-order chi connectivity index (χ1) is 8.15. The summed E-state index contributed by atoms with van der Waals surface area (Å²) in [6.07, 6.45) is 2.30. The lowest BCUT2D eigenvalue weighted by Gasteiger charge is -2.24. The summed E-state index contributed by atoms with van der Waals surface area (Å²) < 4.78 is 5.30. The molecule has 0 aromatic heterocycles. The molecule has 1 heterocycles. The van der Waals surface area contributed by atoms with Gasteiger partial charge in [-0.1, -0.05) is 23.2 Å². The van der Waals surface area contributed by atoms with Crippen molar-refractivity contribution in [3.8, 4) is 0 Å². The predicted octanol–water partition coefficient (Wildman–Crippen LogP) is 3.84. The van der Waals surface area contributed by atoms with Gasteiger partial charge in [0.1, 0.15) is 0 Å². The van der Waals surface area contributed by atoms with Crippen molar-refractivity contribution in [3.05, 3.63) is 33.8 Å². The van der Waals surface area contributed by atoms with Crippen molar-refractivity contribution in [1.82, 2.24) is 0 Å². The van der Waals surface area contributed by atoms with Gasteiger partial charge >= 0.3 is 0 Å². The number of hydrogen-bond acceptors (Lipinski definition) is 2. The Morgan fingerprint density at radius 1 is 1.18 bits per heavy atom. The van der Waals surface area contributed by atoms with Crippen molar-refractivity contribution < 1.29 is 9.84 Å². The van der Waals surface area contributed by atoms with E-state index in [1.54, 1.807) is 18.2 Å². The molecule has 4 heteroatoms. The summed E-state index contributed by atoms with van der Waals surface area (Å²) in [5.41, 5.74) is 0.800. The van der Waals surface area contributed by atoms with E-state index in [9.17, 15) is 5.11 Å². The van der Waals surface area contributed by atoms with Crippen molar-refractivity contribution in [3.63, 3.8) is 0 Å². The van der Waals surface area contributed by atoms with Gasteiger partial charge in [0.05, 0.1) is 6.10 Å². The largest absolute Gasteiger partial charge is 0.388 e. The van der Waals surface area contributed by atoms with Crippen LogP contribution in [0.25, 0.3) is 0 Å². The first kappa shape index (κ1) is 13.2. The Kier molecular flexibility index (Phi) is 4.69. The van der Waals surface area contributed by atoms with Gasteiger partial charge < -0.3 is 9.84 Å². The summed E-state index contributed by atoms with van der Waals surface area (Å²) in [5, 5.41) is 11.3. The van der Waals surface area contributed by atoms with Crippen LogP contribution in [0.3, 0.4) is 0 Å². The minimum atomic E-state index is -0.491. The first-order valence-corrected chi connectivity index (χ1v) is 6.62. The Balaban J connectivity index is 2.00. The van der Waals surface area contributed by atoms with Crippen LogP contribution in [0.4, 0.5) is 0 Å². The van der Waals surface area contributed by atoms with E-state index in [0.717, 1.165) is 38.0 Å². The summed E-state index contributed by atoms with van der Waals surface area (Å²) in [5.74, 6) is 0.525. The van der Waals surface area contributed by atoms with Gasteiger partial charge in [-0.15, -0.1) is 0 Å². The Morgan fingerprint density at radius 2 is 1.76 bits per heavy atom.